The minimum absolute atomic E-state index is 0.0329. The van der Waals surface area contributed by atoms with Crippen LogP contribution in [0.15, 0.2) is 95.9 Å². The second-order valence-corrected chi connectivity index (χ2v) is 10.8. The number of hydrogen-bond acceptors (Lipinski definition) is 6. The van der Waals surface area contributed by atoms with Gasteiger partial charge in [-0.1, -0.05) is 85.8 Å². The Bertz CT molecular complexity index is 1230. The fourth-order valence-corrected chi connectivity index (χ4v) is 5.57. The first-order chi connectivity index (χ1) is 17.3. The molecule has 3 aromatic carbocycles. The number of sulfone groups is 1. The molecule has 0 radical (unpaired) electrons. The van der Waals surface area contributed by atoms with Crippen molar-refractivity contribution in [3.8, 4) is 0 Å². The maximum Gasteiger partial charge on any atom is 0.408 e. The minimum atomic E-state index is -4.05. The molecule has 2 atom stereocenters. The van der Waals surface area contributed by atoms with E-state index < -0.39 is 33.1 Å². The third-order valence-electron chi connectivity index (χ3n) is 5.90. The number of ether oxygens (including phenoxy) is 1. The van der Waals surface area contributed by atoms with E-state index in [4.69, 9.17) is 10.5 Å². The molecular formula is C28H32N2O5S. The molecule has 7 nitrogen and oxygen atoms in total. The lowest BCUT2D eigenvalue weighted by atomic mass is 9.87. The van der Waals surface area contributed by atoms with Gasteiger partial charge in [0, 0.05) is 17.7 Å². The highest BCUT2D eigenvalue weighted by Crippen LogP contribution is 2.34. The van der Waals surface area contributed by atoms with E-state index in [-0.39, 0.29) is 21.9 Å². The van der Waals surface area contributed by atoms with Crippen LogP contribution in [-0.2, 0) is 20.2 Å². The molecule has 2 unspecified atom stereocenters. The van der Waals surface area contributed by atoms with E-state index in [0.717, 1.165) is 12.8 Å². The van der Waals surface area contributed by atoms with Crippen molar-refractivity contribution < 1.29 is 22.7 Å². The molecule has 0 aromatic heterocycles. The molecule has 3 N–H and O–H groups in total. The van der Waals surface area contributed by atoms with Crippen molar-refractivity contribution in [2.75, 3.05) is 18.8 Å². The number of carbonyl (C=O) groups is 2. The Labute approximate surface area is 212 Å². The highest BCUT2D eigenvalue weighted by molar-refractivity contribution is 7.91. The molecule has 190 valence electrons. The summed E-state index contributed by atoms with van der Waals surface area (Å²) >= 11 is 0. The first kappa shape index (κ1) is 27.1. The molecule has 0 saturated heterocycles. The normalized spacial score (nSPS) is 13.8. The van der Waals surface area contributed by atoms with Crippen molar-refractivity contribution in [3.05, 3.63) is 102 Å². The quantitative estimate of drug-likeness (QED) is 0.352. The maximum atomic E-state index is 14.0. The second kappa shape index (κ2) is 12.5. The van der Waals surface area contributed by atoms with Crippen LogP contribution in [0.1, 0.15) is 35.7 Å². The summed E-state index contributed by atoms with van der Waals surface area (Å²) in [6.07, 6.45) is 0.755. The molecule has 8 heteroatoms. The summed E-state index contributed by atoms with van der Waals surface area (Å²) in [5.74, 6) is -1.25. The zero-order chi connectivity index (χ0) is 26.0. The summed E-state index contributed by atoms with van der Waals surface area (Å²) in [6.45, 7) is 2.82. The van der Waals surface area contributed by atoms with Gasteiger partial charge in [-0.25, -0.2) is 13.2 Å². The van der Waals surface area contributed by atoms with Gasteiger partial charge in [0.2, 0.25) is 11.4 Å². The molecule has 0 spiro atoms. The number of carbonyl (C=O) groups excluding carboxylic acids is 2. The molecule has 0 heterocycles. The van der Waals surface area contributed by atoms with Gasteiger partial charge < -0.3 is 15.8 Å². The lowest BCUT2D eigenvalue weighted by Gasteiger charge is -2.32. The first-order valence-corrected chi connectivity index (χ1v) is 13.5. The topological polar surface area (TPSA) is 116 Å². The van der Waals surface area contributed by atoms with E-state index in [1.165, 1.54) is 12.1 Å². The maximum absolute atomic E-state index is 14.0. The summed E-state index contributed by atoms with van der Waals surface area (Å²) < 4.78 is 32.9. The summed E-state index contributed by atoms with van der Waals surface area (Å²) in [4.78, 5) is 27.1. The standard InChI is InChI=1S/C28H32N2O5S/c1-22(12-11-19-29)20-30-27(32)35-28(24-15-7-3-8-16-24,26(31)23-13-5-2-6-14-23)21-36(33,34)25-17-9-4-10-18-25/h2-10,13-18,22H,11-12,19-21,29H2,1H3,(H,30,32). The fraction of sp³-hybridized carbons (Fsp3) is 0.286. The van der Waals surface area contributed by atoms with E-state index in [1.807, 2.05) is 6.92 Å². The number of nitrogens with two attached hydrogens (primary N) is 1. The van der Waals surface area contributed by atoms with Gasteiger partial charge in [0.05, 0.1) is 4.90 Å². The number of ketones is 1. The molecule has 1 amide bonds. The highest BCUT2D eigenvalue weighted by atomic mass is 32.2. The molecule has 0 aliphatic heterocycles. The van der Waals surface area contributed by atoms with Gasteiger partial charge in [-0.3, -0.25) is 4.79 Å². The molecule has 3 aromatic rings. The Hall–Kier alpha value is -3.49. The van der Waals surface area contributed by atoms with Gasteiger partial charge in [-0.05, 0) is 37.4 Å². The first-order valence-electron chi connectivity index (χ1n) is 11.9. The predicted molar refractivity (Wildman–Crippen MR) is 139 cm³/mol. The van der Waals surface area contributed by atoms with Crippen molar-refractivity contribution in [1.29, 1.82) is 0 Å². The lowest BCUT2D eigenvalue weighted by Crippen LogP contribution is -2.48. The smallest absolute Gasteiger partial charge is 0.408 e. The molecule has 36 heavy (non-hydrogen) atoms. The number of amides is 1. The fourth-order valence-electron chi connectivity index (χ4n) is 3.94. The number of nitrogens with one attached hydrogen (secondary N) is 1. The third kappa shape index (κ3) is 6.80. The summed E-state index contributed by atoms with van der Waals surface area (Å²) in [6, 6.07) is 24.3. The summed E-state index contributed by atoms with van der Waals surface area (Å²) in [7, 11) is -4.05. The van der Waals surface area contributed by atoms with Crippen LogP contribution in [0.5, 0.6) is 0 Å². The Kier molecular flexibility index (Phi) is 9.38. The van der Waals surface area contributed by atoms with Crippen LogP contribution in [0.3, 0.4) is 0 Å². The average molecular weight is 509 g/mol. The van der Waals surface area contributed by atoms with Crippen molar-refractivity contribution in [2.24, 2.45) is 11.7 Å². The number of Topliss-reactive ketones (excluding diaryl/α,β-unsaturated/α-hetero) is 1. The van der Waals surface area contributed by atoms with Crippen LogP contribution in [0.4, 0.5) is 4.79 Å². The van der Waals surface area contributed by atoms with Crippen LogP contribution >= 0.6 is 0 Å². The SMILES string of the molecule is CC(CCCN)CNC(=O)OC(CS(=O)(=O)c1ccccc1)(C(=O)c1ccccc1)c1ccccc1. The molecule has 0 bridgehead atoms. The molecule has 0 saturated carbocycles. The Balaban J connectivity index is 2.06. The second-order valence-electron chi connectivity index (χ2n) is 8.77. The monoisotopic (exact) mass is 508 g/mol. The van der Waals surface area contributed by atoms with Crippen molar-refractivity contribution in [2.45, 2.75) is 30.3 Å². The third-order valence-corrected chi connectivity index (χ3v) is 7.68. The lowest BCUT2D eigenvalue weighted by molar-refractivity contribution is 0.0229. The van der Waals surface area contributed by atoms with E-state index >= 15 is 0 Å². The Morgan fingerprint density at radius 3 is 2.06 bits per heavy atom. The van der Waals surface area contributed by atoms with Crippen LogP contribution in [0.25, 0.3) is 0 Å². The summed E-state index contributed by atoms with van der Waals surface area (Å²) in [5, 5.41) is 2.70. The van der Waals surface area contributed by atoms with Crippen LogP contribution in [-0.4, -0.2) is 39.1 Å². The zero-order valence-corrected chi connectivity index (χ0v) is 21.1. The van der Waals surface area contributed by atoms with E-state index in [9.17, 15) is 18.0 Å². The van der Waals surface area contributed by atoms with Crippen molar-refractivity contribution in [3.63, 3.8) is 0 Å². The van der Waals surface area contributed by atoms with Gasteiger partial charge in [0.15, 0.2) is 9.84 Å². The van der Waals surface area contributed by atoms with Gasteiger partial charge in [0.1, 0.15) is 5.75 Å². The molecular weight excluding hydrogens is 476 g/mol. The molecule has 0 fully saturated rings. The predicted octanol–water partition coefficient (Wildman–Crippen LogP) is 4.34. The van der Waals surface area contributed by atoms with Crippen LogP contribution in [0, 0.1) is 5.92 Å². The zero-order valence-electron chi connectivity index (χ0n) is 20.3. The summed E-state index contributed by atoms with van der Waals surface area (Å²) in [5.41, 5.74) is 3.96. The number of alkyl carbamates (subject to hydrolysis) is 1. The van der Waals surface area contributed by atoms with E-state index in [1.54, 1.807) is 78.9 Å². The van der Waals surface area contributed by atoms with Crippen molar-refractivity contribution >= 4 is 21.7 Å². The Morgan fingerprint density at radius 2 is 1.47 bits per heavy atom. The largest absolute Gasteiger partial charge is 0.428 e. The van der Waals surface area contributed by atoms with Gasteiger partial charge in [-0.2, -0.15) is 0 Å². The van der Waals surface area contributed by atoms with Crippen LogP contribution in [0.2, 0.25) is 0 Å². The van der Waals surface area contributed by atoms with E-state index in [0.29, 0.717) is 13.1 Å². The minimum Gasteiger partial charge on any atom is -0.428 e. The Morgan fingerprint density at radius 1 is 0.917 bits per heavy atom. The number of hydrogen-bond donors (Lipinski definition) is 2. The van der Waals surface area contributed by atoms with Gasteiger partial charge >= 0.3 is 6.09 Å². The van der Waals surface area contributed by atoms with Crippen molar-refractivity contribution in [1.82, 2.24) is 5.32 Å². The number of rotatable bonds is 12. The molecule has 0 aliphatic rings. The van der Waals surface area contributed by atoms with E-state index in [2.05, 4.69) is 5.32 Å². The highest BCUT2D eigenvalue weighted by Gasteiger charge is 2.48. The van der Waals surface area contributed by atoms with Crippen LogP contribution < -0.4 is 11.1 Å². The average Bonchev–Trinajstić information content (AvgIpc) is 2.91. The molecule has 0 aliphatic carbocycles. The number of benzene rings is 3. The molecule has 3 rings (SSSR count). The van der Waals surface area contributed by atoms with Gasteiger partial charge in [-0.15, -0.1) is 0 Å². The van der Waals surface area contributed by atoms with Gasteiger partial charge in [0.25, 0.3) is 0 Å².